The number of nitrogens with one attached hydrogen (secondary N) is 1. The lowest BCUT2D eigenvalue weighted by atomic mass is 10.2. The van der Waals surface area contributed by atoms with Crippen LogP contribution in [0.25, 0.3) is 0 Å². The van der Waals surface area contributed by atoms with Gasteiger partial charge in [0.05, 0.1) is 5.01 Å². The summed E-state index contributed by atoms with van der Waals surface area (Å²) in [6.07, 6.45) is 6.92. The number of aromatic nitrogens is 1. The Morgan fingerprint density at radius 1 is 1.62 bits per heavy atom. The second kappa shape index (κ2) is 6.03. The Morgan fingerprint density at radius 3 is 3.12 bits per heavy atom. The average molecular weight is 256 g/mol. The van der Waals surface area contributed by atoms with Crippen LogP contribution in [0.3, 0.4) is 0 Å². The molecule has 0 aromatic carbocycles. The second-order valence-corrected chi connectivity index (χ2v) is 6.69. The number of nitrogens with zero attached hydrogens (tertiary/aromatic N) is 1. The van der Waals surface area contributed by atoms with E-state index in [0.29, 0.717) is 0 Å². The van der Waals surface area contributed by atoms with E-state index in [1.54, 1.807) is 0 Å². The first-order chi connectivity index (χ1) is 7.79. The van der Waals surface area contributed by atoms with Crippen LogP contribution in [0.5, 0.6) is 0 Å². The fourth-order valence-corrected chi connectivity index (χ4v) is 3.45. The molecule has 0 aliphatic heterocycles. The smallest absolute Gasteiger partial charge is 0.0959 e. The highest BCUT2D eigenvalue weighted by Gasteiger charge is 2.26. The van der Waals surface area contributed by atoms with E-state index in [4.69, 9.17) is 0 Å². The van der Waals surface area contributed by atoms with Gasteiger partial charge in [-0.05, 0) is 37.3 Å². The van der Waals surface area contributed by atoms with Crippen LogP contribution in [-0.2, 0) is 6.54 Å². The quantitative estimate of drug-likeness (QED) is 0.811. The summed E-state index contributed by atoms with van der Waals surface area (Å²) in [6, 6.07) is 0. The van der Waals surface area contributed by atoms with Gasteiger partial charge in [0.15, 0.2) is 0 Å². The third-order valence-electron chi connectivity index (χ3n) is 2.74. The lowest BCUT2D eigenvalue weighted by Crippen LogP contribution is -2.21. The van der Waals surface area contributed by atoms with Gasteiger partial charge in [0, 0.05) is 23.5 Å². The van der Waals surface area contributed by atoms with Crippen molar-refractivity contribution in [2.24, 2.45) is 5.92 Å². The van der Waals surface area contributed by atoms with Crippen molar-refractivity contribution in [3.8, 4) is 0 Å². The molecule has 1 aromatic heterocycles. The summed E-state index contributed by atoms with van der Waals surface area (Å²) in [5.74, 6) is 2.79. The average Bonchev–Trinajstić information content (AvgIpc) is 3.00. The first kappa shape index (κ1) is 12.4. The molecule has 1 aliphatic carbocycles. The number of hydrogen-bond acceptors (Lipinski definition) is 4. The van der Waals surface area contributed by atoms with Gasteiger partial charge in [0.1, 0.15) is 0 Å². The minimum Gasteiger partial charge on any atom is -0.312 e. The molecule has 1 N–H and O–H groups in total. The lowest BCUT2D eigenvalue weighted by molar-refractivity contribution is 0.562. The molecule has 4 heteroatoms. The van der Waals surface area contributed by atoms with E-state index in [9.17, 15) is 0 Å². The van der Waals surface area contributed by atoms with E-state index in [2.05, 4.69) is 23.5 Å². The van der Waals surface area contributed by atoms with Gasteiger partial charge in [0.25, 0.3) is 0 Å². The third-order valence-corrected chi connectivity index (χ3v) is 4.80. The first-order valence-electron chi connectivity index (χ1n) is 5.94. The molecular weight excluding hydrogens is 236 g/mol. The molecule has 0 saturated heterocycles. The second-order valence-electron chi connectivity index (χ2n) is 4.63. The molecule has 1 atom stereocenters. The number of thioether (sulfide) groups is 1. The van der Waals surface area contributed by atoms with Crippen molar-refractivity contribution < 1.29 is 0 Å². The van der Waals surface area contributed by atoms with E-state index in [1.807, 2.05) is 29.3 Å². The van der Waals surface area contributed by atoms with Gasteiger partial charge in [-0.1, -0.05) is 6.92 Å². The molecule has 1 aromatic rings. The number of thiazole rings is 1. The molecule has 0 amide bonds. The molecule has 0 spiro atoms. The molecule has 1 aliphatic rings. The Labute approximate surface area is 106 Å². The van der Waals surface area contributed by atoms with Crippen molar-refractivity contribution in [3.05, 3.63) is 16.1 Å². The molecule has 1 heterocycles. The van der Waals surface area contributed by atoms with E-state index >= 15 is 0 Å². The van der Waals surface area contributed by atoms with Crippen LogP contribution < -0.4 is 5.32 Å². The van der Waals surface area contributed by atoms with E-state index in [1.165, 1.54) is 28.5 Å². The Kier molecular flexibility index (Phi) is 4.67. The summed E-state index contributed by atoms with van der Waals surface area (Å²) in [5.41, 5.74) is 0. The van der Waals surface area contributed by atoms with Gasteiger partial charge >= 0.3 is 0 Å². The summed E-state index contributed by atoms with van der Waals surface area (Å²) in [7, 11) is 0. The maximum atomic E-state index is 4.49. The standard InChI is InChI=1S/C12H20N2S2/c1-9(8-15-2)5-13-6-11-7-14-12(16-11)10-3-4-10/h7,9-10,13H,3-6,8H2,1-2H3. The third kappa shape index (κ3) is 3.75. The first-order valence-corrected chi connectivity index (χ1v) is 8.15. The highest BCUT2D eigenvalue weighted by atomic mass is 32.2. The van der Waals surface area contributed by atoms with Crippen LogP contribution in [0, 0.1) is 5.92 Å². The van der Waals surface area contributed by atoms with Gasteiger partial charge in [0.2, 0.25) is 0 Å². The molecule has 1 fully saturated rings. The molecule has 2 nitrogen and oxygen atoms in total. The predicted molar refractivity (Wildman–Crippen MR) is 73.3 cm³/mol. The molecule has 2 rings (SSSR count). The fourth-order valence-electron chi connectivity index (χ4n) is 1.71. The van der Waals surface area contributed by atoms with Crippen molar-refractivity contribution in [2.75, 3.05) is 18.6 Å². The van der Waals surface area contributed by atoms with Crippen LogP contribution in [0.1, 0.15) is 35.6 Å². The maximum absolute atomic E-state index is 4.49. The topological polar surface area (TPSA) is 24.9 Å². The Morgan fingerprint density at radius 2 is 2.44 bits per heavy atom. The SMILES string of the molecule is CSCC(C)CNCc1cnc(C2CC2)s1. The Balaban J connectivity index is 1.68. The van der Waals surface area contributed by atoms with E-state index < -0.39 is 0 Å². The summed E-state index contributed by atoms with van der Waals surface area (Å²) >= 11 is 3.81. The lowest BCUT2D eigenvalue weighted by Gasteiger charge is -2.09. The van der Waals surface area contributed by atoms with Gasteiger partial charge in [-0.15, -0.1) is 11.3 Å². The van der Waals surface area contributed by atoms with Crippen LogP contribution >= 0.6 is 23.1 Å². The molecule has 90 valence electrons. The monoisotopic (exact) mass is 256 g/mol. The predicted octanol–water partition coefficient (Wildman–Crippen LogP) is 3.11. The highest BCUT2D eigenvalue weighted by Crippen LogP contribution is 2.41. The fraction of sp³-hybridized carbons (Fsp3) is 0.750. The molecule has 0 radical (unpaired) electrons. The maximum Gasteiger partial charge on any atom is 0.0959 e. The Bertz CT molecular complexity index is 321. The number of hydrogen-bond donors (Lipinski definition) is 1. The van der Waals surface area contributed by atoms with Crippen LogP contribution in [0.15, 0.2) is 6.20 Å². The van der Waals surface area contributed by atoms with Crippen molar-refractivity contribution in [1.29, 1.82) is 0 Å². The zero-order valence-corrected chi connectivity index (χ0v) is 11.7. The van der Waals surface area contributed by atoms with E-state index in [-0.39, 0.29) is 0 Å². The Hall–Kier alpha value is -0.0600. The van der Waals surface area contributed by atoms with Gasteiger partial charge in [-0.2, -0.15) is 11.8 Å². The largest absolute Gasteiger partial charge is 0.312 e. The molecule has 1 unspecified atom stereocenters. The summed E-state index contributed by atoms with van der Waals surface area (Å²) in [4.78, 5) is 5.87. The van der Waals surface area contributed by atoms with Crippen molar-refractivity contribution in [2.45, 2.75) is 32.2 Å². The summed E-state index contributed by atoms with van der Waals surface area (Å²) in [5, 5.41) is 4.87. The molecule has 16 heavy (non-hydrogen) atoms. The summed E-state index contributed by atoms with van der Waals surface area (Å²) in [6.45, 7) is 4.40. The zero-order valence-electron chi connectivity index (χ0n) is 10.0. The number of rotatable bonds is 7. The van der Waals surface area contributed by atoms with Crippen LogP contribution in [-0.4, -0.2) is 23.5 Å². The van der Waals surface area contributed by atoms with Crippen molar-refractivity contribution in [3.63, 3.8) is 0 Å². The molecule has 1 saturated carbocycles. The summed E-state index contributed by atoms with van der Waals surface area (Å²) < 4.78 is 0. The normalized spacial score (nSPS) is 17.6. The van der Waals surface area contributed by atoms with Crippen LogP contribution in [0.4, 0.5) is 0 Å². The van der Waals surface area contributed by atoms with Gasteiger partial charge in [-0.3, -0.25) is 0 Å². The minimum atomic E-state index is 0.755. The van der Waals surface area contributed by atoms with Crippen LogP contribution in [0.2, 0.25) is 0 Å². The zero-order chi connectivity index (χ0) is 11.4. The minimum absolute atomic E-state index is 0.755. The van der Waals surface area contributed by atoms with Crippen molar-refractivity contribution >= 4 is 23.1 Å². The van der Waals surface area contributed by atoms with Gasteiger partial charge in [-0.25, -0.2) is 4.98 Å². The van der Waals surface area contributed by atoms with Gasteiger partial charge < -0.3 is 5.32 Å². The molecular formula is C12H20N2S2. The van der Waals surface area contributed by atoms with Crippen molar-refractivity contribution in [1.82, 2.24) is 10.3 Å². The molecule has 0 bridgehead atoms. The highest BCUT2D eigenvalue weighted by molar-refractivity contribution is 7.98. The van der Waals surface area contributed by atoms with E-state index in [0.717, 1.165) is 24.9 Å².